The fourth-order valence-electron chi connectivity index (χ4n) is 6.30. The van der Waals surface area contributed by atoms with E-state index < -0.39 is 5.79 Å². The SMILES string of the molecule is COC(C)(C)OCc1ccccc1Br.Cc1cc2c(cc1C)C(=O)CC2.Cc1cc2c(cc1C)C1(CC2)OCc2ccccc21. The number of Topliss-reactive ketones (excluding diaryl/α,β-unsaturated/α-hetero) is 1. The van der Waals surface area contributed by atoms with Gasteiger partial charge >= 0.3 is 0 Å². The van der Waals surface area contributed by atoms with Gasteiger partial charge in [0.05, 0.1) is 13.2 Å². The molecule has 0 fully saturated rings. The summed E-state index contributed by atoms with van der Waals surface area (Å²) in [6.07, 6.45) is 3.86. The van der Waals surface area contributed by atoms with E-state index in [1.807, 2.05) is 44.2 Å². The van der Waals surface area contributed by atoms with Crippen molar-refractivity contribution in [2.75, 3.05) is 7.11 Å². The first-order valence-corrected chi connectivity index (χ1v) is 16.6. The lowest BCUT2D eigenvalue weighted by atomic mass is 9.86. The highest BCUT2D eigenvalue weighted by atomic mass is 79.9. The molecule has 0 amide bonds. The minimum Gasteiger partial charge on any atom is -0.361 e. The molecule has 1 spiro atoms. The quantitative estimate of drug-likeness (QED) is 0.203. The predicted molar refractivity (Wildman–Crippen MR) is 185 cm³/mol. The molecular weight excluding hydrogens is 624 g/mol. The van der Waals surface area contributed by atoms with Crippen LogP contribution in [-0.2, 0) is 45.9 Å². The number of benzene rings is 4. The van der Waals surface area contributed by atoms with Crippen LogP contribution in [0.15, 0.2) is 77.3 Å². The number of ketones is 1. The van der Waals surface area contributed by atoms with Gasteiger partial charge in [0, 0.05) is 23.6 Å². The van der Waals surface area contributed by atoms with Crippen LogP contribution in [0, 0.1) is 27.7 Å². The number of hydrogen-bond donors (Lipinski definition) is 0. The van der Waals surface area contributed by atoms with Gasteiger partial charge in [-0.05, 0) is 129 Å². The van der Waals surface area contributed by atoms with Gasteiger partial charge in [-0.2, -0.15) is 0 Å². The summed E-state index contributed by atoms with van der Waals surface area (Å²) >= 11 is 3.47. The first kappa shape index (κ1) is 33.3. The Morgan fingerprint density at radius 3 is 2.16 bits per heavy atom. The Kier molecular flexibility index (Phi) is 10.1. The van der Waals surface area contributed by atoms with Crippen LogP contribution in [0.4, 0.5) is 0 Å². The predicted octanol–water partition coefficient (Wildman–Crippen LogP) is 9.80. The Hall–Kier alpha value is -3.09. The summed E-state index contributed by atoms with van der Waals surface area (Å²) in [5.41, 5.74) is 14.1. The molecule has 0 aromatic heterocycles. The van der Waals surface area contributed by atoms with Crippen molar-refractivity contribution in [2.24, 2.45) is 0 Å². The molecule has 0 saturated heterocycles. The third-order valence-corrected chi connectivity index (χ3v) is 10.3. The fraction of sp³-hybridized carbons (Fsp3) is 0.375. The number of carbonyl (C=O) groups is 1. The van der Waals surface area contributed by atoms with E-state index in [0.717, 1.165) is 41.5 Å². The molecule has 3 aliphatic rings. The number of carbonyl (C=O) groups excluding carboxylic acids is 1. The van der Waals surface area contributed by atoms with Gasteiger partial charge in [0.15, 0.2) is 11.6 Å². The van der Waals surface area contributed by atoms with E-state index in [4.69, 9.17) is 14.2 Å². The Morgan fingerprint density at radius 1 is 0.778 bits per heavy atom. The molecule has 0 radical (unpaired) electrons. The third-order valence-electron chi connectivity index (χ3n) is 9.49. The van der Waals surface area contributed by atoms with E-state index >= 15 is 0 Å². The maximum absolute atomic E-state index is 11.3. The Labute approximate surface area is 277 Å². The van der Waals surface area contributed by atoms with E-state index in [9.17, 15) is 4.79 Å². The zero-order chi connectivity index (χ0) is 32.4. The number of halogens is 1. The second-order valence-electron chi connectivity index (χ2n) is 12.9. The van der Waals surface area contributed by atoms with Crippen LogP contribution in [0.3, 0.4) is 0 Å². The molecule has 2 aliphatic carbocycles. The molecule has 7 rings (SSSR count). The smallest absolute Gasteiger partial charge is 0.163 e. The van der Waals surface area contributed by atoms with Gasteiger partial charge in [-0.1, -0.05) is 76.6 Å². The Bertz CT molecular complexity index is 1710. The monoisotopic (exact) mass is 668 g/mol. The molecule has 5 heteroatoms. The van der Waals surface area contributed by atoms with E-state index in [-0.39, 0.29) is 5.60 Å². The molecule has 0 bridgehead atoms. The Balaban J connectivity index is 0.000000138. The highest BCUT2D eigenvalue weighted by Gasteiger charge is 2.46. The number of ether oxygens (including phenoxy) is 3. The summed E-state index contributed by atoms with van der Waals surface area (Å²) in [6.45, 7) is 13.6. The second kappa shape index (κ2) is 13.7. The van der Waals surface area contributed by atoms with E-state index in [0.29, 0.717) is 18.8 Å². The number of rotatable bonds is 4. The molecular formula is C40H45BrO4. The average molecular weight is 670 g/mol. The molecule has 4 aromatic carbocycles. The largest absolute Gasteiger partial charge is 0.361 e. The second-order valence-corrected chi connectivity index (χ2v) is 13.7. The van der Waals surface area contributed by atoms with Crippen LogP contribution in [0.25, 0.3) is 0 Å². The normalized spacial score (nSPS) is 17.6. The highest BCUT2D eigenvalue weighted by Crippen LogP contribution is 2.50. The van der Waals surface area contributed by atoms with Gasteiger partial charge in [0.2, 0.25) is 0 Å². The van der Waals surface area contributed by atoms with Gasteiger partial charge in [-0.3, -0.25) is 4.79 Å². The van der Waals surface area contributed by atoms with Crippen LogP contribution >= 0.6 is 15.9 Å². The van der Waals surface area contributed by atoms with Crippen molar-refractivity contribution in [3.8, 4) is 0 Å². The lowest BCUT2D eigenvalue weighted by Gasteiger charge is -2.26. The van der Waals surface area contributed by atoms with Crippen LogP contribution in [-0.4, -0.2) is 18.7 Å². The zero-order valence-corrected chi connectivity index (χ0v) is 29.3. The lowest BCUT2D eigenvalue weighted by molar-refractivity contribution is -0.204. The molecule has 236 valence electrons. The number of aryl methyl sites for hydroxylation is 6. The van der Waals surface area contributed by atoms with Crippen LogP contribution in [0.1, 0.15) is 92.7 Å². The van der Waals surface area contributed by atoms with E-state index in [2.05, 4.69) is 86.1 Å². The molecule has 4 nitrogen and oxygen atoms in total. The number of hydrogen-bond acceptors (Lipinski definition) is 4. The van der Waals surface area contributed by atoms with Crippen molar-refractivity contribution >= 4 is 21.7 Å². The van der Waals surface area contributed by atoms with Crippen LogP contribution < -0.4 is 0 Å². The summed E-state index contributed by atoms with van der Waals surface area (Å²) in [6, 6.07) is 25.5. The first-order chi connectivity index (χ1) is 21.4. The van der Waals surface area contributed by atoms with Gasteiger partial charge in [-0.25, -0.2) is 0 Å². The summed E-state index contributed by atoms with van der Waals surface area (Å²) in [5.74, 6) is -0.219. The summed E-state index contributed by atoms with van der Waals surface area (Å²) < 4.78 is 18.1. The standard InChI is InChI=1S/C18H18O.C11H15BrO2.C11H12O/c1-12-9-14-7-8-18(17(14)10-13(12)2)16-6-4-3-5-15(16)11-19-18;1-11(2,13-3)14-8-9-6-4-5-7-10(9)12;1-7-5-9-3-4-11(12)10(9)6-8(7)2/h3-6,9-10H,7-8,11H2,1-2H3;4-7H,8H2,1-3H3;5-6H,3-4H2,1-2H3. The fourth-order valence-corrected chi connectivity index (χ4v) is 6.70. The maximum Gasteiger partial charge on any atom is 0.163 e. The van der Waals surface area contributed by atoms with Crippen molar-refractivity contribution in [1.82, 2.24) is 0 Å². The topological polar surface area (TPSA) is 44.8 Å². The Morgan fingerprint density at radius 2 is 1.42 bits per heavy atom. The lowest BCUT2D eigenvalue weighted by Crippen LogP contribution is -2.26. The average Bonchev–Trinajstić information content (AvgIpc) is 3.70. The number of methoxy groups -OCH3 is 1. The minimum atomic E-state index is -0.532. The minimum absolute atomic E-state index is 0.162. The summed E-state index contributed by atoms with van der Waals surface area (Å²) in [5, 5.41) is 0. The van der Waals surface area contributed by atoms with Gasteiger partial charge in [0.25, 0.3) is 0 Å². The molecule has 1 aliphatic heterocycles. The first-order valence-electron chi connectivity index (χ1n) is 15.8. The summed E-state index contributed by atoms with van der Waals surface area (Å²) in [4.78, 5) is 11.3. The zero-order valence-electron chi connectivity index (χ0n) is 27.7. The third kappa shape index (κ3) is 7.18. The molecule has 1 atom stereocenters. The van der Waals surface area contributed by atoms with Crippen molar-refractivity contribution in [3.05, 3.63) is 138 Å². The van der Waals surface area contributed by atoms with Gasteiger partial charge < -0.3 is 14.2 Å². The van der Waals surface area contributed by atoms with Crippen molar-refractivity contribution in [2.45, 2.75) is 91.8 Å². The van der Waals surface area contributed by atoms with Crippen molar-refractivity contribution in [3.63, 3.8) is 0 Å². The highest BCUT2D eigenvalue weighted by molar-refractivity contribution is 9.10. The molecule has 4 aromatic rings. The van der Waals surface area contributed by atoms with Crippen molar-refractivity contribution < 1.29 is 19.0 Å². The van der Waals surface area contributed by atoms with E-state index in [1.165, 1.54) is 50.1 Å². The van der Waals surface area contributed by atoms with Gasteiger partial charge in [-0.15, -0.1) is 0 Å². The van der Waals surface area contributed by atoms with E-state index in [1.54, 1.807) is 7.11 Å². The molecule has 0 N–H and O–H groups in total. The van der Waals surface area contributed by atoms with Crippen LogP contribution in [0.2, 0.25) is 0 Å². The molecule has 45 heavy (non-hydrogen) atoms. The maximum atomic E-state index is 11.3. The van der Waals surface area contributed by atoms with Crippen molar-refractivity contribution in [1.29, 1.82) is 0 Å². The van der Waals surface area contributed by atoms with Crippen LogP contribution in [0.5, 0.6) is 0 Å². The summed E-state index contributed by atoms with van der Waals surface area (Å²) in [7, 11) is 1.64. The molecule has 1 unspecified atom stereocenters. The molecule has 0 saturated carbocycles. The van der Waals surface area contributed by atoms with Gasteiger partial charge in [0.1, 0.15) is 5.60 Å². The number of fused-ring (bicyclic) bond motifs is 5. The molecule has 1 heterocycles.